The van der Waals surface area contributed by atoms with E-state index in [2.05, 4.69) is 12.1 Å². The maximum absolute atomic E-state index is 9.83. The zero-order valence-electron chi connectivity index (χ0n) is 11.0. The van der Waals surface area contributed by atoms with Crippen molar-refractivity contribution in [3.63, 3.8) is 0 Å². The molecule has 0 saturated heterocycles. The van der Waals surface area contributed by atoms with Gasteiger partial charge in [0, 0.05) is 19.6 Å². The summed E-state index contributed by atoms with van der Waals surface area (Å²) >= 11 is 0. The van der Waals surface area contributed by atoms with Gasteiger partial charge in [0.25, 0.3) is 0 Å². The third-order valence-corrected chi connectivity index (χ3v) is 3.32. The normalized spacial score (nSPS) is 15.2. The van der Waals surface area contributed by atoms with E-state index in [1.807, 2.05) is 13.0 Å². The Kier molecular flexibility index (Phi) is 5.02. The Labute approximate surface area is 109 Å². The number of aliphatic hydroxyl groups excluding tert-OH is 1. The molecule has 1 N–H and O–H groups in total. The van der Waals surface area contributed by atoms with Gasteiger partial charge in [0.15, 0.2) is 0 Å². The standard InChI is InChI=1S/C15H22O3/c1-2-17-9-8-14(16)5-3-12-4-6-15-13(11-12)7-10-18-15/h4,6,11,14,16H,2-3,5,7-10H2,1H3. The highest BCUT2D eigenvalue weighted by Gasteiger charge is 2.12. The number of ether oxygens (including phenoxy) is 2. The number of hydrogen-bond donors (Lipinski definition) is 1. The molecule has 3 heteroatoms. The van der Waals surface area contributed by atoms with E-state index in [-0.39, 0.29) is 6.10 Å². The highest BCUT2D eigenvalue weighted by molar-refractivity contribution is 5.39. The van der Waals surface area contributed by atoms with Crippen LogP contribution in [0.25, 0.3) is 0 Å². The molecule has 3 nitrogen and oxygen atoms in total. The minimum atomic E-state index is -0.263. The second kappa shape index (κ2) is 6.76. The molecule has 0 fully saturated rings. The fourth-order valence-corrected chi connectivity index (χ4v) is 2.24. The predicted molar refractivity (Wildman–Crippen MR) is 71.1 cm³/mol. The van der Waals surface area contributed by atoms with E-state index in [1.54, 1.807) is 0 Å². The summed E-state index contributed by atoms with van der Waals surface area (Å²) in [6.07, 6.45) is 3.19. The first-order chi connectivity index (χ1) is 8.79. The molecule has 18 heavy (non-hydrogen) atoms. The van der Waals surface area contributed by atoms with Crippen molar-refractivity contribution in [1.82, 2.24) is 0 Å². The molecule has 0 radical (unpaired) electrons. The third-order valence-electron chi connectivity index (χ3n) is 3.32. The summed E-state index contributed by atoms with van der Waals surface area (Å²) in [6.45, 7) is 4.14. The van der Waals surface area contributed by atoms with Crippen LogP contribution in [0.5, 0.6) is 5.75 Å². The zero-order valence-corrected chi connectivity index (χ0v) is 11.0. The van der Waals surface area contributed by atoms with Crippen molar-refractivity contribution in [2.45, 2.75) is 38.7 Å². The largest absolute Gasteiger partial charge is 0.493 e. The minimum Gasteiger partial charge on any atom is -0.493 e. The fourth-order valence-electron chi connectivity index (χ4n) is 2.24. The van der Waals surface area contributed by atoms with E-state index >= 15 is 0 Å². The SMILES string of the molecule is CCOCCC(O)CCc1ccc2c(c1)CCO2. The summed E-state index contributed by atoms with van der Waals surface area (Å²) in [6, 6.07) is 6.35. The van der Waals surface area contributed by atoms with E-state index < -0.39 is 0 Å². The van der Waals surface area contributed by atoms with Gasteiger partial charge in [-0.15, -0.1) is 0 Å². The van der Waals surface area contributed by atoms with Crippen molar-refractivity contribution in [2.24, 2.45) is 0 Å². The minimum absolute atomic E-state index is 0.263. The first-order valence-corrected chi connectivity index (χ1v) is 6.80. The van der Waals surface area contributed by atoms with Gasteiger partial charge in [0.1, 0.15) is 5.75 Å². The van der Waals surface area contributed by atoms with Crippen LogP contribution in [0.4, 0.5) is 0 Å². The molecule has 1 aromatic rings. The van der Waals surface area contributed by atoms with Gasteiger partial charge in [-0.05, 0) is 43.4 Å². The third kappa shape index (κ3) is 3.72. The Morgan fingerprint density at radius 3 is 3.11 bits per heavy atom. The molecule has 0 bridgehead atoms. The molecule has 0 saturated carbocycles. The van der Waals surface area contributed by atoms with Crippen LogP contribution >= 0.6 is 0 Å². The molecule has 0 spiro atoms. The molecule has 0 aromatic heterocycles. The Hall–Kier alpha value is -1.06. The molecule has 1 unspecified atom stereocenters. The lowest BCUT2D eigenvalue weighted by Gasteiger charge is -2.10. The van der Waals surface area contributed by atoms with E-state index in [0.29, 0.717) is 6.61 Å². The molecule has 0 amide bonds. The summed E-state index contributed by atoms with van der Waals surface area (Å²) < 4.78 is 10.7. The Bertz CT molecular complexity index is 376. The van der Waals surface area contributed by atoms with E-state index in [1.165, 1.54) is 11.1 Å². The summed E-state index contributed by atoms with van der Waals surface area (Å²) in [4.78, 5) is 0. The molecular formula is C15H22O3. The monoisotopic (exact) mass is 250 g/mol. The molecule has 1 aromatic carbocycles. The molecule has 2 rings (SSSR count). The Balaban J connectivity index is 1.76. The van der Waals surface area contributed by atoms with Gasteiger partial charge in [-0.25, -0.2) is 0 Å². The average Bonchev–Trinajstić information content (AvgIpc) is 2.84. The number of aryl methyl sites for hydroxylation is 1. The molecule has 1 atom stereocenters. The average molecular weight is 250 g/mol. The van der Waals surface area contributed by atoms with Crippen LogP contribution in [-0.2, 0) is 17.6 Å². The lowest BCUT2D eigenvalue weighted by atomic mass is 10.0. The second-order valence-corrected chi connectivity index (χ2v) is 4.72. The van der Waals surface area contributed by atoms with E-state index in [4.69, 9.17) is 9.47 Å². The smallest absolute Gasteiger partial charge is 0.122 e. The van der Waals surface area contributed by atoms with Gasteiger partial charge in [0.2, 0.25) is 0 Å². The molecule has 0 aliphatic carbocycles. The lowest BCUT2D eigenvalue weighted by Crippen LogP contribution is -2.11. The topological polar surface area (TPSA) is 38.7 Å². The van der Waals surface area contributed by atoms with Gasteiger partial charge in [-0.3, -0.25) is 0 Å². The number of fused-ring (bicyclic) bond motifs is 1. The van der Waals surface area contributed by atoms with Gasteiger partial charge >= 0.3 is 0 Å². The Morgan fingerprint density at radius 2 is 2.28 bits per heavy atom. The van der Waals surface area contributed by atoms with Gasteiger partial charge in [-0.2, -0.15) is 0 Å². The molecular weight excluding hydrogens is 228 g/mol. The number of hydrogen-bond acceptors (Lipinski definition) is 3. The van der Waals surface area contributed by atoms with E-state index in [0.717, 1.165) is 44.6 Å². The summed E-state index contributed by atoms with van der Waals surface area (Å²) in [5.41, 5.74) is 2.59. The van der Waals surface area contributed by atoms with Crippen LogP contribution in [-0.4, -0.2) is 31.0 Å². The van der Waals surface area contributed by atoms with Crippen LogP contribution in [0.2, 0.25) is 0 Å². The van der Waals surface area contributed by atoms with Gasteiger partial charge in [-0.1, -0.05) is 12.1 Å². The second-order valence-electron chi connectivity index (χ2n) is 4.72. The van der Waals surface area contributed by atoms with Crippen molar-refractivity contribution >= 4 is 0 Å². The first-order valence-electron chi connectivity index (χ1n) is 6.80. The van der Waals surface area contributed by atoms with E-state index in [9.17, 15) is 5.11 Å². The molecule has 100 valence electrons. The highest BCUT2D eigenvalue weighted by atomic mass is 16.5. The quantitative estimate of drug-likeness (QED) is 0.755. The van der Waals surface area contributed by atoms with Gasteiger partial charge < -0.3 is 14.6 Å². The summed E-state index contributed by atoms with van der Waals surface area (Å²) in [5, 5.41) is 9.83. The molecule has 1 aliphatic rings. The lowest BCUT2D eigenvalue weighted by molar-refractivity contribution is 0.0845. The fraction of sp³-hybridized carbons (Fsp3) is 0.600. The van der Waals surface area contributed by atoms with Gasteiger partial charge in [0.05, 0.1) is 12.7 Å². The van der Waals surface area contributed by atoms with Crippen LogP contribution in [0, 0.1) is 0 Å². The summed E-state index contributed by atoms with van der Waals surface area (Å²) in [7, 11) is 0. The van der Waals surface area contributed by atoms with Crippen LogP contribution in [0.1, 0.15) is 30.9 Å². The van der Waals surface area contributed by atoms with Crippen molar-refractivity contribution in [2.75, 3.05) is 19.8 Å². The van der Waals surface area contributed by atoms with Crippen molar-refractivity contribution in [1.29, 1.82) is 0 Å². The highest BCUT2D eigenvalue weighted by Crippen LogP contribution is 2.26. The first kappa shape index (κ1) is 13.4. The molecule has 1 aliphatic heterocycles. The van der Waals surface area contributed by atoms with Crippen molar-refractivity contribution in [3.8, 4) is 5.75 Å². The maximum atomic E-state index is 9.83. The van der Waals surface area contributed by atoms with Crippen molar-refractivity contribution in [3.05, 3.63) is 29.3 Å². The Morgan fingerprint density at radius 1 is 1.39 bits per heavy atom. The predicted octanol–water partition coefficient (Wildman–Crippen LogP) is 2.34. The summed E-state index contributed by atoms with van der Waals surface area (Å²) in [5.74, 6) is 1.02. The number of benzene rings is 1. The number of aliphatic hydroxyl groups is 1. The van der Waals surface area contributed by atoms with Crippen LogP contribution in [0.15, 0.2) is 18.2 Å². The zero-order chi connectivity index (χ0) is 12.8. The maximum Gasteiger partial charge on any atom is 0.122 e. The van der Waals surface area contributed by atoms with Crippen molar-refractivity contribution < 1.29 is 14.6 Å². The molecule has 1 heterocycles. The van der Waals surface area contributed by atoms with Crippen LogP contribution in [0.3, 0.4) is 0 Å². The van der Waals surface area contributed by atoms with Crippen LogP contribution < -0.4 is 4.74 Å². The number of rotatable bonds is 7.